The zero-order valence-electron chi connectivity index (χ0n) is 12.0. The van der Waals surface area contributed by atoms with Gasteiger partial charge in [0.15, 0.2) is 0 Å². The van der Waals surface area contributed by atoms with E-state index in [0.29, 0.717) is 12.2 Å². The lowest BCUT2D eigenvalue weighted by atomic mass is 9.88. The van der Waals surface area contributed by atoms with Gasteiger partial charge in [-0.3, -0.25) is 14.9 Å². The van der Waals surface area contributed by atoms with Crippen molar-refractivity contribution in [2.45, 2.75) is 30.7 Å². The minimum absolute atomic E-state index is 0.0370. The van der Waals surface area contributed by atoms with Crippen LogP contribution < -0.4 is 0 Å². The van der Waals surface area contributed by atoms with Crippen LogP contribution in [-0.2, 0) is 14.3 Å². The molecular weight excluding hydrogens is 296 g/mol. The third kappa shape index (κ3) is 1.95. The number of carbonyl (C=O) groups is 2. The van der Waals surface area contributed by atoms with Crippen molar-refractivity contribution in [3.8, 4) is 0 Å². The second kappa shape index (κ2) is 4.86. The van der Waals surface area contributed by atoms with Crippen molar-refractivity contribution in [2.75, 3.05) is 19.4 Å². The minimum atomic E-state index is -0.543. The van der Waals surface area contributed by atoms with Crippen LogP contribution in [0.4, 0.5) is 0 Å². The van der Waals surface area contributed by atoms with E-state index in [9.17, 15) is 19.7 Å². The number of amides is 1. The van der Waals surface area contributed by atoms with Crippen molar-refractivity contribution in [3.63, 3.8) is 0 Å². The van der Waals surface area contributed by atoms with Gasteiger partial charge in [-0.25, -0.2) is 4.79 Å². The summed E-state index contributed by atoms with van der Waals surface area (Å²) >= 11 is 1.60. The lowest BCUT2D eigenvalue weighted by Gasteiger charge is -2.33. The number of methoxy groups -OCH3 is 1. The van der Waals surface area contributed by atoms with Gasteiger partial charge in [0.1, 0.15) is 6.04 Å². The van der Waals surface area contributed by atoms with E-state index in [1.54, 1.807) is 16.7 Å². The van der Waals surface area contributed by atoms with E-state index in [2.05, 4.69) is 0 Å². The van der Waals surface area contributed by atoms with Gasteiger partial charge in [0.25, 0.3) is 0 Å². The lowest BCUT2D eigenvalue weighted by molar-refractivity contribution is -0.490. The second-order valence-electron chi connectivity index (χ2n) is 6.13. The Morgan fingerprint density at radius 2 is 2.33 bits per heavy atom. The monoisotopic (exact) mass is 314 g/mol. The number of thioether (sulfide) groups is 1. The number of nitrogens with zero attached hydrogens (tertiary/aromatic N) is 2. The molecular formula is C13H18N2O5S. The number of ether oxygens (including phenoxy) is 1. The zero-order valence-corrected chi connectivity index (χ0v) is 12.8. The van der Waals surface area contributed by atoms with Gasteiger partial charge in [-0.05, 0) is 12.3 Å². The van der Waals surface area contributed by atoms with Gasteiger partial charge in [0.05, 0.1) is 12.0 Å². The van der Waals surface area contributed by atoms with Crippen LogP contribution in [0, 0.1) is 27.9 Å². The smallest absolute Gasteiger partial charge is 0.329 e. The summed E-state index contributed by atoms with van der Waals surface area (Å²) < 4.78 is 4.80. The summed E-state index contributed by atoms with van der Waals surface area (Å²) in [4.78, 5) is 36.1. The average Bonchev–Trinajstić information content (AvgIpc) is 2.99. The fourth-order valence-corrected chi connectivity index (χ4v) is 6.29. The molecule has 2 aliphatic heterocycles. The lowest BCUT2D eigenvalue weighted by Crippen LogP contribution is -2.48. The number of nitro groups is 1. The van der Waals surface area contributed by atoms with Crippen LogP contribution in [0.3, 0.4) is 0 Å². The van der Waals surface area contributed by atoms with Gasteiger partial charge in [0.2, 0.25) is 12.5 Å². The van der Waals surface area contributed by atoms with Crippen molar-refractivity contribution < 1.29 is 19.2 Å². The molecule has 2 heterocycles. The maximum atomic E-state index is 12.4. The molecule has 2 saturated heterocycles. The Morgan fingerprint density at radius 1 is 1.62 bits per heavy atom. The Kier molecular flexibility index (Phi) is 3.38. The standard InChI is InChI=1S/C13H18N2O5S/c1-7-4-13-9(8(7)5-14(18)19)3-11(16)15(13)10(6-21-13)12(17)20-2/h7-10H,3-6H2,1-2H3/t7-,8+,9-,10-,13-/m0/s1. The average molecular weight is 314 g/mol. The molecule has 1 spiro atoms. The summed E-state index contributed by atoms with van der Waals surface area (Å²) in [6.07, 6.45) is 1.03. The van der Waals surface area contributed by atoms with E-state index < -0.39 is 16.9 Å². The zero-order chi connectivity index (χ0) is 15.4. The molecule has 0 aromatic carbocycles. The van der Waals surface area contributed by atoms with Gasteiger partial charge >= 0.3 is 5.97 Å². The van der Waals surface area contributed by atoms with E-state index in [1.165, 1.54) is 7.11 Å². The number of hydrogen-bond acceptors (Lipinski definition) is 6. The molecule has 1 saturated carbocycles. The normalized spacial score (nSPS) is 41.0. The summed E-state index contributed by atoms with van der Waals surface area (Å²) in [6.45, 7) is 1.91. The molecule has 0 unspecified atom stereocenters. The van der Waals surface area contributed by atoms with E-state index in [-0.39, 0.29) is 35.1 Å². The Hall–Kier alpha value is -1.31. The highest BCUT2D eigenvalue weighted by Gasteiger charge is 2.67. The minimum Gasteiger partial charge on any atom is -0.467 e. The summed E-state index contributed by atoms with van der Waals surface area (Å²) in [5.41, 5.74) is 0. The third-order valence-electron chi connectivity index (χ3n) is 5.15. The first kappa shape index (κ1) is 14.6. The molecule has 3 rings (SSSR count). The molecule has 0 aromatic rings. The molecule has 1 amide bonds. The Morgan fingerprint density at radius 3 is 2.95 bits per heavy atom. The summed E-state index contributed by atoms with van der Waals surface area (Å²) in [5.74, 6) is 0.106. The molecule has 8 heteroatoms. The molecule has 116 valence electrons. The highest BCUT2D eigenvalue weighted by atomic mass is 32.2. The number of hydrogen-bond donors (Lipinski definition) is 0. The van der Waals surface area contributed by atoms with Gasteiger partial charge in [-0.15, -0.1) is 11.8 Å². The summed E-state index contributed by atoms with van der Waals surface area (Å²) in [6, 6.07) is -0.543. The largest absolute Gasteiger partial charge is 0.467 e. The van der Waals surface area contributed by atoms with E-state index in [1.807, 2.05) is 6.92 Å². The van der Waals surface area contributed by atoms with Gasteiger partial charge in [-0.1, -0.05) is 6.92 Å². The van der Waals surface area contributed by atoms with Crippen molar-refractivity contribution in [2.24, 2.45) is 17.8 Å². The molecule has 1 aliphatic carbocycles. The van der Waals surface area contributed by atoms with E-state index >= 15 is 0 Å². The molecule has 0 bridgehead atoms. The van der Waals surface area contributed by atoms with Crippen LogP contribution in [0.2, 0.25) is 0 Å². The molecule has 0 N–H and O–H groups in total. The molecule has 0 radical (unpaired) electrons. The Bertz CT molecular complexity index is 513. The fourth-order valence-electron chi connectivity index (χ4n) is 4.34. The molecule has 5 atom stereocenters. The maximum absolute atomic E-state index is 12.4. The van der Waals surface area contributed by atoms with Crippen LogP contribution in [0.15, 0.2) is 0 Å². The molecule has 3 aliphatic rings. The van der Waals surface area contributed by atoms with Crippen LogP contribution in [0.25, 0.3) is 0 Å². The SMILES string of the molecule is COC(=O)[C@@H]1CS[C@@]23C[C@H](C)[C@@H](C[N+](=O)[O-])[C@@H]2CC(=O)N13. The van der Waals surface area contributed by atoms with Gasteiger partial charge in [0, 0.05) is 28.9 Å². The Balaban J connectivity index is 1.92. The quantitative estimate of drug-likeness (QED) is 0.434. The topological polar surface area (TPSA) is 89.7 Å². The highest BCUT2D eigenvalue weighted by Crippen LogP contribution is 2.62. The van der Waals surface area contributed by atoms with Crippen LogP contribution in [-0.4, -0.2) is 52.0 Å². The van der Waals surface area contributed by atoms with Crippen molar-refractivity contribution in [1.82, 2.24) is 4.90 Å². The number of esters is 1. The molecule has 21 heavy (non-hydrogen) atoms. The molecule has 7 nitrogen and oxygen atoms in total. The molecule has 0 aromatic heterocycles. The number of rotatable bonds is 3. The predicted octanol–water partition coefficient (Wildman–Crippen LogP) is 0.752. The van der Waals surface area contributed by atoms with Gasteiger partial charge in [-0.2, -0.15) is 0 Å². The van der Waals surface area contributed by atoms with Crippen molar-refractivity contribution >= 4 is 23.6 Å². The maximum Gasteiger partial charge on any atom is 0.329 e. The van der Waals surface area contributed by atoms with Crippen molar-refractivity contribution in [1.29, 1.82) is 0 Å². The first-order chi connectivity index (χ1) is 9.90. The fraction of sp³-hybridized carbons (Fsp3) is 0.846. The first-order valence-corrected chi connectivity index (χ1v) is 8.05. The number of carbonyl (C=O) groups excluding carboxylic acids is 2. The Labute approximate surface area is 126 Å². The van der Waals surface area contributed by atoms with Crippen LogP contribution in [0.5, 0.6) is 0 Å². The van der Waals surface area contributed by atoms with Crippen molar-refractivity contribution in [3.05, 3.63) is 10.1 Å². The third-order valence-corrected chi connectivity index (χ3v) is 6.80. The van der Waals surface area contributed by atoms with Gasteiger partial charge < -0.3 is 9.64 Å². The predicted molar refractivity (Wildman–Crippen MR) is 75.1 cm³/mol. The van der Waals surface area contributed by atoms with Crippen LogP contribution in [0.1, 0.15) is 19.8 Å². The second-order valence-corrected chi connectivity index (χ2v) is 7.46. The summed E-state index contributed by atoms with van der Waals surface area (Å²) in [7, 11) is 1.32. The summed E-state index contributed by atoms with van der Waals surface area (Å²) in [5, 5.41) is 10.9. The molecule has 3 fully saturated rings. The van der Waals surface area contributed by atoms with E-state index in [4.69, 9.17) is 4.74 Å². The van der Waals surface area contributed by atoms with E-state index in [0.717, 1.165) is 6.42 Å². The first-order valence-electron chi connectivity index (χ1n) is 7.06. The van der Waals surface area contributed by atoms with Crippen LogP contribution >= 0.6 is 11.8 Å². The highest BCUT2D eigenvalue weighted by molar-refractivity contribution is 8.01.